The smallest absolute Gasteiger partial charge is 0.241 e. The zero-order chi connectivity index (χ0) is 19.1. The summed E-state index contributed by atoms with van der Waals surface area (Å²) in [4.78, 5) is 12.5. The molecule has 1 saturated carbocycles. The van der Waals surface area contributed by atoms with Gasteiger partial charge in [0.15, 0.2) is 0 Å². The normalized spacial score (nSPS) is 14.6. The Kier molecular flexibility index (Phi) is 6.76. The third kappa shape index (κ3) is 6.32. The first-order valence-electron chi connectivity index (χ1n) is 9.29. The van der Waals surface area contributed by atoms with E-state index in [2.05, 4.69) is 10.6 Å². The van der Waals surface area contributed by atoms with Crippen molar-refractivity contribution in [2.45, 2.75) is 37.8 Å². The summed E-state index contributed by atoms with van der Waals surface area (Å²) >= 11 is 0. The SMILES string of the molecule is O=C(NC1CC1)[C@H](NCCCCOc1ccc(F)cc1)c1ccc(F)cc1. The first-order valence-corrected chi connectivity index (χ1v) is 9.29. The van der Waals surface area contributed by atoms with Crippen molar-refractivity contribution in [3.05, 3.63) is 65.7 Å². The molecule has 0 heterocycles. The molecule has 0 radical (unpaired) electrons. The van der Waals surface area contributed by atoms with Gasteiger partial charge in [-0.3, -0.25) is 4.79 Å². The van der Waals surface area contributed by atoms with Crippen LogP contribution in [0.15, 0.2) is 48.5 Å². The number of hydrogen-bond acceptors (Lipinski definition) is 3. The first-order chi connectivity index (χ1) is 13.1. The Balaban J connectivity index is 1.43. The van der Waals surface area contributed by atoms with Crippen LogP contribution in [-0.4, -0.2) is 25.1 Å². The van der Waals surface area contributed by atoms with Gasteiger partial charge in [0, 0.05) is 6.04 Å². The van der Waals surface area contributed by atoms with Gasteiger partial charge >= 0.3 is 0 Å². The second-order valence-corrected chi connectivity index (χ2v) is 6.73. The lowest BCUT2D eigenvalue weighted by Gasteiger charge is -2.19. The molecule has 4 nitrogen and oxygen atoms in total. The van der Waals surface area contributed by atoms with Gasteiger partial charge in [0.25, 0.3) is 0 Å². The van der Waals surface area contributed by atoms with Crippen LogP contribution in [0.4, 0.5) is 8.78 Å². The van der Waals surface area contributed by atoms with Crippen molar-refractivity contribution in [2.75, 3.05) is 13.2 Å². The van der Waals surface area contributed by atoms with Gasteiger partial charge in [-0.25, -0.2) is 8.78 Å². The van der Waals surface area contributed by atoms with Crippen molar-refractivity contribution in [3.8, 4) is 5.75 Å². The molecule has 0 spiro atoms. The zero-order valence-electron chi connectivity index (χ0n) is 15.1. The van der Waals surface area contributed by atoms with Gasteiger partial charge in [0.05, 0.1) is 6.61 Å². The van der Waals surface area contributed by atoms with Crippen LogP contribution in [0.25, 0.3) is 0 Å². The van der Waals surface area contributed by atoms with Gasteiger partial charge in [0.2, 0.25) is 5.91 Å². The Morgan fingerprint density at radius 1 is 1.00 bits per heavy atom. The molecular weight excluding hydrogens is 350 g/mol. The molecule has 1 amide bonds. The minimum Gasteiger partial charge on any atom is -0.494 e. The Labute approximate surface area is 157 Å². The van der Waals surface area contributed by atoms with Crippen molar-refractivity contribution in [2.24, 2.45) is 0 Å². The summed E-state index contributed by atoms with van der Waals surface area (Å²) in [5.41, 5.74) is 0.747. The molecule has 2 aromatic carbocycles. The van der Waals surface area contributed by atoms with E-state index in [1.54, 1.807) is 24.3 Å². The minimum absolute atomic E-state index is 0.0772. The molecular formula is C21H24F2N2O2. The second kappa shape index (κ2) is 9.46. The van der Waals surface area contributed by atoms with Gasteiger partial charge in [-0.2, -0.15) is 0 Å². The molecule has 1 fully saturated rings. The summed E-state index contributed by atoms with van der Waals surface area (Å²) in [5, 5.41) is 6.25. The highest BCUT2D eigenvalue weighted by Crippen LogP contribution is 2.21. The van der Waals surface area contributed by atoms with Crippen LogP contribution < -0.4 is 15.4 Å². The lowest BCUT2D eigenvalue weighted by Crippen LogP contribution is -2.39. The molecule has 0 unspecified atom stereocenters. The van der Waals surface area contributed by atoms with E-state index in [1.165, 1.54) is 24.3 Å². The van der Waals surface area contributed by atoms with E-state index in [0.29, 0.717) is 18.9 Å². The number of benzene rings is 2. The van der Waals surface area contributed by atoms with E-state index >= 15 is 0 Å². The van der Waals surface area contributed by atoms with Crippen molar-refractivity contribution in [3.63, 3.8) is 0 Å². The highest BCUT2D eigenvalue weighted by molar-refractivity contribution is 5.83. The zero-order valence-corrected chi connectivity index (χ0v) is 15.1. The molecule has 0 aliphatic heterocycles. The number of amides is 1. The topological polar surface area (TPSA) is 50.4 Å². The molecule has 0 bridgehead atoms. The Morgan fingerprint density at radius 3 is 2.26 bits per heavy atom. The maximum absolute atomic E-state index is 13.2. The maximum Gasteiger partial charge on any atom is 0.241 e. The average molecular weight is 374 g/mol. The van der Waals surface area contributed by atoms with E-state index < -0.39 is 6.04 Å². The summed E-state index contributed by atoms with van der Waals surface area (Å²) in [6.07, 6.45) is 3.64. The molecule has 1 aliphatic rings. The largest absolute Gasteiger partial charge is 0.494 e. The molecule has 0 aromatic heterocycles. The predicted octanol–water partition coefficient (Wildman–Crippen LogP) is 3.73. The Hall–Kier alpha value is -2.47. The second-order valence-electron chi connectivity index (χ2n) is 6.73. The van der Waals surface area contributed by atoms with Crippen molar-refractivity contribution in [1.82, 2.24) is 10.6 Å². The number of unbranched alkanes of at least 4 members (excludes halogenated alkanes) is 1. The lowest BCUT2D eigenvalue weighted by atomic mass is 10.1. The van der Waals surface area contributed by atoms with Crippen molar-refractivity contribution >= 4 is 5.91 Å². The molecule has 3 rings (SSSR count). The van der Waals surface area contributed by atoms with Crippen LogP contribution in [0, 0.1) is 11.6 Å². The maximum atomic E-state index is 13.2. The van der Waals surface area contributed by atoms with Crippen LogP contribution in [0.5, 0.6) is 5.75 Å². The highest BCUT2D eigenvalue weighted by atomic mass is 19.1. The summed E-state index contributed by atoms with van der Waals surface area (Å²) in [5.74, 6) is -0.0510. The average Bonchev–Trinajstić information content (AvgIpc) is 3.47. The summed E-state index contributed by atoms with van der Waals surface area (Å²) < 4.78 is 31.6. The summed E-state index contributed by atoms with van der Waals surface area (Å²) in [6, 6.07) is 11.7. The van der Waals surface area contributed by atoms with Crippen LogP contribution in [0.1, 0.15) is 37.3 Å². The number of rotatable bonds is 10. The minimum atomic E-state index is -0.496. The predicted molar refractivity (Wildman–Crippen MR) is 99.4 cm³/mol. The third-order valence-electron chi connectivity index (χ3n) is 4.39. The molecule has 6 heteroatoms. The van der Waals surface area contributed by atoms with Gasteiger partial charge < -0.3 is 15.4 Å². The number of hydrogen-bond donors (Lipinski definition) is 2. The van der Waals surface area contributed by atoms with Crippen LogP contribution in [0.3, 0.4) is 0 Å². The van der Waals surface area contributed by atoms with E-state index in [4.69, 9.17) is 4.74 Å². The summed E-state index contributed by atoms with van der Waals surface area (Å²) in [6.45, 7) is 1.15. The number of ether oxygens (including phenoxy) is 1. The van der Waals surface area contributed by atoms with Crippen LogP contribution >= 0.6 is 0 Å². The quantitative estimate of drug-likeness (QED) is 0.623. The fourth-order valence-electron chi connectivity index (χ4n) is 2.72. The number of carbonyl (C=O) groups is 1. The number of carbonyl (C=O) groups excluding carboxylic acids is 1. The standard InChI is InChI=1S/C21H24F2N2O2/c22-16-5-3-15(4-6-16)20(21(26)25-18-9-10-18)24-13-1-2-14-27-19-11-7-17(23)8-12-19/h3-8,11-12,18,20,24H,1-2,9-10,13-14H2,(H,25,26)/t20-/m1/s1. The van der Waals surface area contributed by atoms with Crippen molar-refractivity contribution < 1.29 is 18.3 Å². The first kappa shape index (κ1) is 19.3. The monoisotopic (exact) mass is 374 g/mol. The fourth-order valence-corrected chi connectivity index (χ4v) is 2.72. The number of halogens is 2. The lowest BCUT2D eigenvalue weighted by molar-refractivity contribution is -0.123. The molecule has 2 aromatic rings. The molecule has 27 heavy (non-hydrogen) atoms. The van der Waals surface area contributed by atoms with Gasteiger partial charge in [-0.15, -0.1) is 0 Å². The number of nitrogens with one attached hydrogen (secondary N) is 2. The summed E-state index contributed by atoms with van der Waals surface area (Å²) in [7, 11) is 0. The fraction of sp³-hybridized carbons (Fsp3) is 0.381. The Morgan fingerprint density at radius 2 is 1.63 bits per heavy atom. The molecule has 144 valence electrons. The van der Waals surface area contributed by atoms with E-state index in [1.807, 2.05) is 0 Å². The van der Waals surface area contributed by atoms with Crippen molar-refractivity contribution in [1.29, 1.82) is 0 Å². The van der Waals surface area contributed by atoms with E-state index in [-0.39, 0.29) is 23.6 Å². The van der Waals surface area contributed by atoms with Gasteiger partial charge in [0.1, 0.15) is 23.4 Å². The molecule has 2 N–H and O–H groups in total. The molecule has 1 atom stereocenters. The van der Waals surface area contributed by atoms with Crippen LogP contribution in [-0.2, 0) is 4.79 Å². The van der Waals surface area contributed by atoms with Gasteiger partial charge in [-0.05, 0) is 74.2 Å². The highest BCUT2D eigenvalue weighted by Gasteiger charge is 2.28. The molecule has 0 saturated heterocycles. The Bertz CT molecular complexity index is 731. The van der Waals surface area contributed by atoms with Crippen LogP contribution in [0.2, 0.25) is 0 Å². The van der Waals surface area contributed by atoms with Gasteiger partial charge in [-0.1, -0.05) is 12.1 Å². The molecule has 1 aliphatic carbocycles. The van der Waals surface area contributed by atoms with E-state index in [0.717, 1.165) is 31.2 Å². The third-order valence-corrected chi connectivity index (χ3v) is 4.39. The van der Waals surface area contributed by atoms with E-state index in [9.17, 15) is 13.6 Å².